The van der Waals surface area contributed by atoms with Crippen LogP contribution in [0.15, 0.2) is 59.6 Å². The summed E-state index contributed by atoms with van der Waals surface area (Å²) in [6, 6.07) is 18.5. The molecular weight excluding hydrogens is 493 g/mol. The summed E-state index contributed by atoms with van der Waals surface area (Å²) in [5.41, 5.74) is 3.41. The van der Waals surface area contributed by atoms with Crippen LogP contribution in [0, 0.1) is 6.92 Å². The van der Waals surface area contributed by atoms with Gasteiger partial charge in [-0.1, -0.05) is 48.0 Å². The van der Waals surface area contributed by atoms with Gasteiger partial charge in [0.05, 0.1) is 26.4 Å². The Morgan fingerprint density at radius 1 is 1.07 bits per heavy atom. The zero-order valence-corrected chi connectivity index (χ0v) is 19.6. The van der Waals surface area contributed by atoms with Gasteiger partial charge < -0.3 is 24.8 Å². The van der Waals surface area contributed by atoms with Crippen LogP contribution in [0.3, 0.4) is 0 Å². The topological polar surface area (TPSA) is 64.1 Å². The number of nitrogens with one attached hydrogen (secondary N) is 2. The fraction of sp³-hybridized carbons (Fsp3) is 0.435. The van der Waals surface area contributed by atoms with E-state index in [9.17, 15) is 0 Å². The Kier molecular flexibility index (Phi) is 8.50. The van der Waals surface area contributed by atoms with E-state index < -0.39 is 5.79 Å². The highest BCUT2D eigenvalue weighted by molar-refractivity contribution is 14.0. The number of benzene rings is 2. The summed E-state index contributed by atoms with van der Waals surface area (Å²) in [7, 11) is 0. The Bertz CT molecular complexity index is 808. The SMILES string of the molecule is Cc1ccc(CN=C(NCC2COC3(CCOCC3)O2)Nc2ccccc2)cc1.I. The molecule has 162 valence electrons. The molecule has 0 aliphatic carbocycles. The molecule has 7 heteroatoms. The molecule has 0 bridgehead atoms. The maximum atomic E-state index is 6.22. The van der Waals surface area contributed by atoms with Crippen molar-refractivity contribution in [1.82, 2.24) is 5.32 Å². The van der Waals surface area contributed by atoms with Crippen molar-refractivity contribution in [3.05, 3.63) is 65.7 Å². The van der Waals surface area contributed by atoms with Gasteiger partial charge in [0.25, 0.3) is 0 Å². The van der Waals surface area contributed by atoms with Gasteiger partial charge >= 0.3 is 0 Å². The van der Waals surface area contributed by atoms with Crippen molar-refractivity contribution in [3.63, 3.8) is 0 Å². The number of para-hydroxylation sites is 1. The van der Waals surface area contributed by atoms with Crippen LogP contribution in [0.25, 0.3) is 0 Å². The fourth-order valence-corrected chi connectivity index (χ4v) is 3.53. The van der Waals surface area contributed by atoms with E-state index in [0.29, 0.717) is 32.9 Å². The van der Waals surface area contributed by atoms with E-state index in [4.69, 9.17) is 19.2 Å². The number of aliphatic imine (C=N–C) groups is 1. The molecule has 0 amide bonds. The number of halogens is 1. The highest BCUT2D eigenvalue weighted by Crippen LogP contribution is 2.32. The normalized spacial score (nSPS) is 20.6. The lowest BCUT2D eigenvalue weighted by Crippen LogP contribution is -2.41. The van der Waals surface area contributed by atoms with Gasteiger partial charge in [0.15, 0.2) is 11.7 Å². The van der Waals surface area contributed by atoms with Crippen molar-refractivity contribution in [2.45, 2.75) is 38.2 Å². The van der Waals surface area contributed by atoms with Gasteiger partial charge in [-0.3, -0.25) is 0 Å². The van der Waals surface area contributed by atoms with E-state index >= 15 is 0 Å². The second-order valence-corrected chi connectivity index (χ2v) is 7.60. The molecule has 2 aromatic carbocycles. The molecule has 6 nitrogen and oxygen atoms in total. The molecule has 1 unspecified atom stereocenters. The minimum absolute atomic E-state index is 0. The van der Waals surface area contributed by atoms with Crippen LogP contribution in [0.1, 0.15) is 24.0 Å². The van der Waals surface area contributed by atoms with Gasteiger partial charge in [-0.15, -0.1) is 24.0 Å². The lowest BCUT2D eigenvalue weighted by molar-refractivity contribution is -0.210. The Morgan fingerprint density at radius 2 is 1.80 bits per heavy atom. The third-order valence-corrected chi connectivity index (χ3v) is 5.24. The number of hydrogen-bond acceptors (Lipinski definition) is 4. The minimum atomic E-state index is -0.462. The van der Waals surface area contributed by atoms with E-state index in [2.05, 4.69) is 41.8 Å². The number of aryl methyl sites for hydroxylation is 1. The summed E-state index contributed by atoms with van der Waals surface area (Å²) in [6.45, 7) is 5.30. The highest BCUT2D eigenvalue weighted by Gasteiger charge is 2.42. The molecule has 30 heavy (non-hydrogen) atoms. The first-order valence-electron chi connectivity index (χ1n) is 10.3. The zero-order valence-electron chi connectivity index (χ0n) is 17.3. The van der Waals surface area contributed by atoms with Gasteiger partial charge in [-0.25, -0.2) is 4.99 Å². The van der Waals surface area contributed by atoms with Crippen LogP contribution in [0.4, 0.5) is 5.69 Å². The second kappa shape index (κ2) is 11.1. The lowest BCUT2D eigenvalue weighted by atomic mass is 10.1. The minimum Gasteiger partial charge on any atom is -0.381 e. The molecule has 4 rings (SSSR count). The van der Waals surface area contributed by atoms with Crippen LogP contribution in [-0.2, 0) is 20.8 Å². The number of anilines is 1. The molecular formula is C23H30IN3O3. The molecule has 2 aromatic rings. The highest BCUT2D eigenvalue weighted by atomic mass is 127. The third-order valence-electron chi connectivity index (χ3n) is 5.24. The van der Waals surface area contributed by atoms with Crippen molar-refractivity contribution in [3.8, 4) is 0 Å². The fourth-order valence-electron chi connectivity index (χ4n) is 3.53. The third kappa shape index (κ3) is 6.41. The Hall–Kier alpha value is -1.68. The molecule has 1 spiro atoms. The molecule has 2 heterocycles. The average molecular weight is 523 g/mol. The van der Waals surface area contributed by atoms with Gasteiger partial charge in [0, 0.05) is 25.1 Å². The maximum Gasteiger partial charge on any atom is 0.196 e. The Morgan fingerprint density at radius 3 is 2.53 bits per heavy atom. The molecule has 0 radical (unpaired) electrons. The van der Waals surface area contributed by atoms with Crippen molar-refractivity contribution < 1.29 is 14.2 Å². The molecule has 2 aliphatic heterocycles. The Labute approximate surface area is 195 Å². The predicted octanol–water partition coefficient (Wildman–Crippen LogP) is 4.09. The molecule has 2 N–H and O–H groups in total. The first kappa shape index (κ1) is 23.0. The van der Waals surface area contributed by atoms with Crippen molar-refractivity contribution in [2.75, 3.05) is 31.7 Å². The number of nitrogens with zero attached hydrogens (tertiary/aromatic N) is 1. The smallest absolute Gasteiger partial charge is 0.196 e. The van der Waals surface area contributed by atoms with E-state index in [0.717, 1.165) is 24.5 Å². The predicted molar refractivity (Wildman–Crippen MR) is 129 cm³/mol. The van der Waals surface area contributed by atoms with E-state index in [1.807, 2.05) is 30.3 Å². The summed E-state index contributed by atoms with van der Waals surface area (Å²) in [5, 5.41) is 6.79. The summed E-state index contributed by atoms with van der Waals surface area (Å²) >= 11 is 0. The lowest BCUT2D eigenvalue weighted by Gasteiger charge is -2.31. The average Bonchev–Trinajstić information content (AvgIpc) is 3.14. The number of guanidine groups is 1. The summed E-state index contributed by atoms with van der Waals surface area (Å²) in [6.07, 6.45) is 1.58. The number of rotatable bonds is 5. The number of ether oxygens (including phenoxy) is 3. The molecule has 2 saturated heterocycles. The van der Waals surface area contributed by atoms with Gasteiger partial charge in [-0.2, -0.15) is 0 Å². The second-order valence-electron chi connectivity index (χ2n) is 7.60. The summed E-state index contributed by atoms with van der Waals surface area (Å²) in [5.74, 6) is 0.268. The van der Waals surface area contributed by atoms with E-state index in [1.54, 1.807) is 0 Å². The standard InChI is InChI=1S/C23H29N3O3.HI/c1-18-7-9-19(10-8-18)15-24-22(26-20-5-3-2-4-6-20)25-16-21-17-28-23(29-21)11-13-27-14-12-23;/h2-10,21H,11-17H2,1H3,(H2,24,25,26);1H. The van der Waals surface area contributed by atoms with Crippen LogP contribution in [0.5, 0.6) is 0 Å². The van der Waals surface area contributed by atoms with Gasteiger partial charge in [0.2, 0.25) is 0 Å². The quantitative estimate of drug-likeness (QED) is 0.351. The summed E-state index contributed by atoms with van der Waals surface area (Å²) in [4.78, 5) is 4.76. The first-order valence-corrected chi connectivity index (χ1v) is 10.3. The summed E-state index contributed by atoms with van der Waals surface area (Å²) < 4.78 is 17.6. The molecule has 2 fully saturated rings. The number of hydrogen-bond donors (Lipinski definition) is 2. The van der Waals surface area contributed by atoms with Crippen LogP contribution < -0.4 is 10.6 Å². The molecule has 0 aromatic heterocycles. The first-order chi connectivity index (χ1) is 14.2. The van der Waals surface area contributed by atoms with Gasteiger partial charge in [0.1, 0.15) is 6.10 Å². The van der Waals surface area contributed by atoms with Crippen molar-refractivity contribution in [2.24, 2.45) is 4.99 Å². The van der Waals surface area contributed by atoms with Crippen molar-refractivity contribution >= 4 is 35.6 Å². The monoisotopic (exact) mass is 523 g/mol. The molecule has 0 saturated carbocycles. The van der Waals surface area contributed by atoms with E-state index in [1.165, 1.54) is 11.1 Å². The Balaban J connectivity index is 0.00000256. The van der Waals surface area contributed by atoms with Gasteiger partial charge in [-0.05, 0) is 24.6 Å². The maximum absolute atomic E-state index is 6.22. The largest absolute Gasteiger partial charge is 0.381 e. The van der Waals surface area contributed by atoms with E-state index in [-0.39, 0.29) is 30.1 Å². The molecule has 2 aliphatic rings. The van der Waals surface area contributed by atoms with Crippen LogP contribution in [-0.4, -0.2) is 44.2 Å². The molecule has 1 atom stereocenters. The van der Waals surface area contributed by atoms with Crippen LogP contribution in [0.2, 0.25) is 0 Å². The van der Waals surface area contributed by atoms with Crippen LogP contribution >= 0.6 is 24.0 Å². The van der Waals surface area contributed by atoms with Crippen molar-refractivity contribution in [1.29, 1.82) is 0 Å². The zero-order chi connectivity index (χ0) is 19.9.